The van der Waals surface area contributed by atoms with Crippen molar-refractivity contribution in [2.24, 2.45) is 12.8 Å². The maximum Gasteiger partial charge on any atom is 0.262 e. The third-order valence-corrected chi connectivity index (χ3v) is 4.24. The number of hydrogen-bond acceptors (Lipinski definition) is 4. The number of primary amides is 1. The zero-order chi connectivity index (χ0) is 13.4. The third-order valence-electron chi connectivity index (χ3n) is 2.09. The molecule has 7 nitrogen and oxygen atoms in total. The molecule has 0 aromatic carbocycles. The average Bonchev–Trinajstić information content (AvgIpc) is 2.45. The average molecular weight is 281 g/mol. The van der Waals surface area contributed by atoms with Gasteiger partial charge in [0.1, 0.15) is 10.7 Å². The summed E-state index contributed by atoms with van der Waals surface area (Å²) in [5.74, 6) is -0.798. The number of imidazole rings is 1. The standard InChI is InChI=1S/C8H13ClN4O3S/c1-8(2,7(10)14)12-17(15,16)6-5(9)13(3)4-11-6/h4,12H,1-3H3,(H2,10,14). The van der Waals surface area contributed by atoms with Crippen molar-refractivity contribution < 1.29 is 13.2 Å². The molecule has 1 rings (SSSR count). The third kappa shape index (κ3) is 2.76. The molecule has 0 radical (unpaired) electrons. The van der Waals surface area contributed by atoms with Gasteiger partial charge in [-0.25, -0.2) is 13.4 Å². The largest absolute Gasteiger partial charge is 0.368 e. The summed E-state index contributed by atoms with van der Waals surface area (Å²) in [6, 6.07) is 0. The number of amides is 1. The number of nitrogens with one attached hydrogen (secondary N) is 1. The lowest BCUT2D eigenvalue weighted by molar-refractivity contribution is -0.122. The topological polar surface area (TPSA) is 107 Å². The molecule has 0 aliphatic carbocycles. The summed E-state index contributed by atoms with van der Waals surface area (Å²) in [4.78, 5) is 14.7. The molecule has 0 saturated heterocycles. The molecule has 9 heteroatoms. The predicted octanol–water partition coefficient (Wildman–Crippen LogP) is -0.384. The van der Waals surface area contributed by atoms with Crippen LogP contribution < -0.4 is 10.5 Å². The summed E-state index contributed by atoms with van der Waals surface area (Å²) in [6.07, 6.45) is 1.26. The molecular weight excluding hydrogens is 268 g/mol. The molecule has 0 aliphatic heterocycles. The van der Waals surface area contributed by atoms with Gasteiger partial charge in [0.05, 0.1) is 6.33 Å². The quantitative estimate of drug-likeness (QED) is 0.783. The van der Waals surface area contributed by atoms with Gasteiger partial charge in [-0.2, -0.15) is 4.72 Å². The van der Waals surface area contributed by atoms with E-state index in [4.69, 9.17) is 17.3 Å². The zero-order valence-corrected chi connectivity index (χ0v) is 11.1. The van der Waals surface area contributed by atoms with Crippen LogP contribution in [-0.2, 0) is 21.9 Å². The summed E-state index contributed by atoms with van der Waals surface area (Å²) in [6.45, 7) is 2.70. The number of carbonyl (C=O) groups excluding carboxylic acids is 1. The highest BCUT2D eigenvalue weighted by Crippen LogP contribution is 2.20. The van der Waals surface area contributed by atoms with Crippen LogP contribution in [0.1, 0.15) is 13.8 Å². The Balaban J connectivity index is 3.14. The molecular formula is C8H13ClN4O3S. The fourth-order valence-corrected chi connectivity index (χ4v) is 2.83. The maximum absolute atomic E-state index is 11.9. The van der Waals surface area contributed by atoms with Gasteiger partial charge in [0.25, 0.3) is 10.0 Å². The fourth-order valence-electron chi connectivity index (χ4n) is 1.01. The molecule has 0 spiro atoms. The summed E-state index contributed by atoms with van der Waals surface area (Å²) in [7, 11) is -2.44. The fraction of sp³-hybridized carbons (Fsp3) is 0.500. The summed E-state index contributed by atoms with van der Waals surface area (Å²) in [5, 5.41) is -0.381. The lowest BCUT2D eigenvalue weighted by atomic mass is 10.1. The van der Waals surface area contributed by atoms with Crippen LogP contribution in [0, 0.1) is 0 Å². The van der Waals surface area contributed by atoms with Crippen LogP contribution in [0.5, 0.6) is 0 Å². The molecule has 17 heavy (non-hydrogen) atoms. The number of aromatic nitrogens is 2. The lowest BCUT2D eigenvalue weighted by Gasteiger charge is -2.21. The SMILES string of the molecule is Cn1cnc(S(=O)(=O)NC(C)(C)C(N)=O)c1Cl. The van der Waals surface area contributed by atoms with Gasteiger partial charge in [-0.3, -0.25) is 4.79 Å². The van der Waals surface area contributed by atoms with E-state index in [2.05, 4.69) is 9.71 Å². The number of rotatable bonds is 4. The Hall–Kier alpha value is -1.12. The van der Waals surface area contributed by atoms with Gasteiger partial charge in [0, 0.05) is 7.05 Å². The van der Waals surface area contributed by atoms with Gasteiger partial charge < -0.3 is 10.3 Å². The van der Waals surface area contributed by atoms with Gasteiger partial charge >= 0.3 is 0 Å². The highest BCUT2D eigenvalue weighted by Gasteiger charge is 2.33. The molecule has 0 unspecified atom stereocenters. The van der Waals surface area contributed by atoms with Crippen LogP contribution in [0.4, 0.5) is 0 Å². The van der Waals surface area contributed by atoms with E-state index in [1.54, 1.807) is 7.05 Å². The Morgan fingerprint density at radius 2 is 2.12 bits per heavy atom. The van der Waals surface area contributed by atoms with Gasteiger partial charge in [0.15, 0.2) is 0 Å². The molecule has 1 amide bonds. The summed E-state index contributed by atoms with van der Waals surface area (Å²) in [5.41, 5.74) is 3.66. The Labute approximate surface area is 104 Å². The second-order valence-corrected chi connectivity index (χ2v) is 6.00. The van der Waals surface area contributed by atoms with Crippen LogP contribution in [0.2, 0.25) is 5.15 Å². The number of aryl methyl sites for hydroxylation is 1. The monoisotopic (exact) mass is 280 g/mol. The molecule has 1 aromatic rings. The number of sulfonamides is 1. The number of nitrogens with two attached hydrogens (primary N) is 1. The second-order valence-electron chi connectivity index (χ2n) is 4.05. The van der Waals surface area contributed by atoms with E-state index in [0.29, 0.717) is 0 Å². The molecule has 3 N–H and O–H groups in total. The summed E-state index contributed by atoms with van der Waals surface area (Å²) >= 11 is 5.77. The Bertz CT molecular complexity index is 549. The number of halogens is 1. The Kier molecular flexibility index (Phi) is 3.51. The lowest BCUT2D eigenvalue weighted by Crippen LogP contribution is -2.52. The highest BCUT2D eigenvalue weighted by atomic mass is 35.5. The molecule has 1 aromatic heterocycles. The minimum atomic E-state index is -3.99. The number of carbonyl (C=O) groups is 1. The highest BCUT2D eigenvalue weighted by molar-refractivity contribution is 7.89. The Morgan fingerprint density at radius 3 is 2.47 bits per heavy atom. The van der Waals surface area contributed by atoms with Gasteiger partial charge in [-0.05, 0) is 13.8 Å². The van der Waals surface area contributed by atoms with E-state index in [1.165, 1.54) is 24.7 Å². The van der Waals surface area contributed by atoms with Crippen molar-refractivity contribution >= 4 is 27.5 Å². The molecule has 96 valence electrons. The second kappa shape index (κ2) is 4.28. The molecule has 0 saturated carbocycles. The maximum atomic E-state index is 11.9. The van der Waals surface area contributed by atoms with E-state index < -0.39 is 21.5 Å². The molecule has 0 atom stereocenters. The zero-order valence-electron chi connectivity index (χ0n) is 9.56. The van der Waals surface area contributed by atoms with Crippen LogP contribution >= 0.6 is 11.6 Å². The van der Waals surface area contributed by atoms with E-state index in [1.807, 2.05) is 0 Å². The molecule has 1 heterocycles. The Morgan fingerprint density at radius 1 is 1.59 bits per heavy atom. The van der Waals surface area contributed by atoms with E-state index in [9.17, 15) is 13.2 Å². The van der Waals surface area contributed by atoms with Gasteiger partial charge in [-0.15, -0.1) is 0 Å². The van der Waals surface area contributed by atoms with Gasteiger partial charge in [0.2, 0.25) is 10.9 Å². The number of nitrogens with zero attached hydrogens (tertiary/aromatic N) is 2. The first-order valence-corrected chi connectivity index (χ1v) is 6.45. The van der Waals surface area contributed by atoms with Crippen LogP contribution in [0.25, 0.3) is 0 Å². The van der Waals surface area contributed by atoms with Gasteiger partial charge in [-0.1, -0.05) is 11.6 Å². The van der Waals surface area contributed by atoms with Crippen molar-refractivity contribution in [1.82, 2.24) is 14.3 Å². The van der Waals surface area contributed by atoms with Crippen LogP contribution in [-0.4, -0.2) is 29.4 Å². The molecule has 0 bridgehead atoms. The minimum Gasteiger partial charge on any atom is -0.368 e. The van der Waals surface area contributed by atoms with E-state index in [0.717, 1.165) is 0 Å². The first-order chi connectivity index (χ1) is 7.58. The van der Waals surface area contributed by atoms with Crippen molar-refractivity contribution in [3.63, 3.8) is 0 Å². The van der Waals surface area contributed by atoms with Crippen LogP contribution in [0.15, 0.2) is 11.4 Å². The predicted molar refractivity (Wildman–Crippen MR) is 61.8 cm³/mol. The first-order valence-electron chi connectivity index (χ1n) is 4.58. The normalized spacial score (nSPS) is 12.7. The van der Waals surface area contributed by atoms with Crippen molar-refractivity contribution in [2.75, 3.05) is 0 Å². The van der Waals surface area contributed by atoms with Crippen molar-refractivity contribution in [2.45, 2.75) is 24.4 Å². The smallest absolute Gasteiger partial charge is 0.262 e. The van der Waals surface area contributed by atoms with Crippen molar-refractivity contribution in [3.8, 4) is 0 Å². The minimum absolute atomic E-state index is 0.0437. The van der Waals surface area contributed by atoms with Crippen molar-refractivity contribution in [3.05, 3.63) is 11.5 Å². The summed E-state index contributed by atoms with van der Waals surface area (Å²) < 4.78 is 27.3. The molecule has 0 fully saturated rings. The van der Waals surface area contributed by atoms with E-state index >= 15 is 0 Å². The van der Waals surface area contributed by atoms with Crippen molar-refractivity contribution in [1.29, 1.82) is 0 Å². The van der Waals surface area contributed by atoms with E-state index in [-0.39, 0.29) is 10.2 Å². The first kappa shape index (κ1) is 13.9. The van der Waals surface area contributed by atoms with Crippen LogP contribution in [0.3, 0.4) is 0 Å². The molecule has 0 aliphatic rings. The number of hydrogen-bond donors (Lipinski definition) is 2.